The number of nitrogen functional groups attached to an aromatic ring is 1. The van der Waals surface area contributed by atoms with E-state index in [1.807, 2.05) is 13.8 Å². The first-order chi connectivity index (χ1) is 9.86. The normalized spacial score (nSPS) is 9.27. The SMILES string of the molecule is Cc1cc(C)c(CO)c(C)c1.Cl.Nc1ccccc1C(=O)O. The van der Waals surface area contributed by atoms with Crippen LogP contribution in [-0.4, -0.2) is 16.2 Å². The quantitative estimate of drug-likeness (QED) is 0.739. The number of carboxylic acids is 1. The molecule has 0 aliphatic heterocycles. The molecule has 0 atom stereocenters. The van der Waals surface area contributed by atoms with Crippen molar-refractivity contribution < 1.29 is 15.0 Å². The minimum atomic E-state index is -0.988. The maximum atomic E-state index is 10.3. The Kier molecular flexibility index (Phi) is 8.23. The van der Waals surface area contributed by atoms with Gasteiger partial charge < -0.3 is 15.9 Å². The van der Waals surface area contributed by atoms with E-state index in [1.165, 1.54) is 22.8 Å². The summed E-state index contributed by atoms with van der Waals surface area (Å²) < 4.78 is 0. The van der Waals surface area contributed by atoms with Crippen LogP contribution in [0.25, 0.3) is 0 Å². The number of nitrogens with two attached hydrogens (primary N) is 1. The lowest BCUT2D eigenvalue weighted by molar-refractivity contribution is 0.0698. The molecule has 0 spiro atoms. The predicted octanol–water partition coefficient (Wildman–Crippen LogP) is 3.49. The van der Waals surface area contributed by atoms with Crippen molar-refractivity contribution >= 4 is 24.1 Å². The number of aryl methyl sites for hydroxylation is 3. The molecule has 0 aliphatic rings. The van der Waals surface area contributed by atoms with Crippen LogP contribution in [0, 0.1) is 20.8 Å². The summed E-state index contributed by atoms with van der Waals surface area (Å²) in [7, 11) is 0. The maximum absolute atomic E-state index is 10.3. The number of hydrogen-bond acceptors (Lipinski definition) is 3. The van der Waals surface area contributed by atoms with Crippen LogP contribution in [-0.2, 0) is 6.61 Å². The van der Waals surface area contributed by atoms with Crippen molar-refractivity contribution in [3.63, 3.8) is 0 Å². The number of carboxylic acid groups (broad SMARTS) is 1. The number of rotatable bonds is 2. The number of aromatic carboxylic acids is 1. The second kappa shape index (κ2) is 9.07. The number of benzene rings is 2. The number of aliphatic hydroxyl groups excluding tert-OH is 1. The second-order valence-corrected chi connectivity index (χ2v) is 4.93. The molecule has 0 saturated carbocycles. The number of hydrogen-bond donors (Lipinski definition) is 3. The van der Waals surface area contributed by atoms with Crippen LogP contribution in [0.15, 0.2) is 36.4 Å². The minimum absolute atomic E-state index is 0. The molecule has 0 aromatic heterocycles. The average molecular weight is 324 g/mol. The van der Waals surface area contributed by atoms with Gasteiger partial charge in [0.2, 0.25) is 0 Å². The summed E-state index contributed by atoms with van der Waals surface area (Å²) in [5, 5.41) is 17.5. The van der Waals surface area contributed by atoms with E-state index in [1.54, 1.807) is 18.2 Å². The van der Waals surface area contributed by atoms with E-state index >= 15 is 0 Å². The summed E-state index contributed by atoms with van der Waals surface area (Å²) in [4.78, 5) is 10.3. The third-order valence-electron chi connectivity index (χ3n) is 3.19. The first-order valence-corrected chi connectivity index (χ1v) is 6.62. The Bertz CT molecular complexity index is 619. The van der Waals surface area contributed by atoms with Crippen molar-refractivity contribution in [3.8, 4) is 0 Å². The van der Waals surface area contributed by atoms with Gasteiger partial charge in [-0.05, 0) is 49.6 Å². The Labute approximate surface area is 137 Å². The molecule has 0 saturated heterocycles. The zero-order valence-electron chi connectivity index (χ0n) is 13.0. The molecule has 0 radical (unpaired) electrons. The monoisotopic (exact) mass is 323 g/mol. The summed E-state index contributed by atoms with van der Waals surface area (Å²) in [5.41, 5.74) is 10.5. The molecule has 0 heterocycles. The van der Waals surface area contributed by atoms with Gasteiger partial charge in [0.1, 0.15) is 0 Å². The van der Waals surface area contributed by atoms with E-state index in [9.17, 15) is 4.79 Å². The third-order valence-corrected chi connectivity index (χ3v) is 3.19. The molecule has 0 amide bonds. The van der Waals surface area contributed by atoms with Crippen molar-refractivity contribution in [2.45, 2.75) is 27.4 Å². The Morgan fingerprint density at radius 3 is 1.95 bits per heavy atom. The van der Waals surface area contributed by atoms with Gasteiger partial charge in [-0.25, -0.2) is 4.79 Å². The molecule has 22 heavy (non-hydrogen) atoms. The molecular formula is C17H22ClNO3. The summed E-state index contributed by atoms with van der Waals surface area (Å²) in [6.45, 7) is 6.29. The molecule has 120 valence electrons. The molecule has 0 bridgehead atoms. The molecule has 2 aromatic carbocycles. The van der Waals surface area contributed by atoms with Gasteiger partial charge in [0, 0.05) is 5.69 Å². The van der Waals surface area contributed by atoms with E-state index in [0.717, 1.165) is 5.56 Å². The molecule has 0 aliphatic carbocycles. The van der Waals surface area contributed by atoms with Crippen molar-refractivity contribution in [1.82, 2.24) is 0 Å². The van der Waals surface area contributed by atoms with Gasteiger partial charge in [-0.15, -0.1) is 12.4 Å². The van der Waals surface area contributed by atoms with Crippen LogP contribution in [0.5, 0.6) is 0 Å². The molecule has 4 nitrogen and oxygen atoms in total. The highest BCUT2D eigenvalue weighted by Crippen LogP contribution is 2.15. The summed E-state index contributed by atoms with van der Waals surface area (Å²) in [5.74, 6) is -0.988. The number of carbonyl (C=O) groups is 1. The van der Waals surface area contributed by atoms with Crippen LogP contribution in [0.1, 0.15) is 32.6 Å². The van der Waals surface area contributed by atoms with Gasteiger partial charge in [-0.1, -0.05) is 29.8 Å². The topological polar surface area (TPSA) is 83.5 Å². The second-order valence-electron chi connectivity index (χ2n) is 4.93. The Balaban J connectivity index is 0.000000385. The fourth-order valence-electron chi connectivity index (χ4n) is 2.15. The maximum Gasteiger partial charge on any atom is 0.337 e. The number of aliphatic hydroxyl groups is 1. The van der Waals surface area contributed by atoms with Crippen LogP contribution < -0.4 is 5.73 Å². The molecule has 2 rings (SSSR count). The van der Waals surface area contributed by atoms with Crippen LogP contribution in [0.4, 0.5) is 5.69 Å². The third kappa shape index (κ3) is 5.39. The highest BCUT2D eigenvalue weighted by atomic mass is 35.5. The zero-order chi connectivity index (χ0) is 16.0. The zero-order valence-corrected chi connectivity index (χ0v) is 13.8. The smallest absolute Gasteiger partial charge is 0.337 e. The van der Waals surface area contributed by atoms with Crippen LogP contribution >= 0.6 is 12.4 Å². The standard InChI is InChI=1S/C10H14O.C7H7NO2.ClH/c1-7-4-8(2)10(6-11)9(3)5-7;8-6-4-2-1-3-5(6)7(9)10;/h4-5,11H,6H2,1-3H3;1-4H,8H2,(H,9,10);1H. The minimum Gasteiger partial charge on any atom is -0.478 e. The number of anilines is 1. The van der Waals surface area contributed by atoms with Crippen LogP contribution in [0.3, 0.4) is 0 Å². The summed E-state index contributed by atoms with van der Waals surface area (Å²) >= 11 is 0. The van der Waals surface area contributed by atoms with Gasteiger partial charge in [-0.2, -0.15) is 0 Å². The van der Waals surface area contributed by atoms with E-state index in [4.69, 9.17) is 15.9 Å². The Morgan fingerprint density at radius 1 is 1.09 bits per heavy atom. The van der Waals surface area contributed by atoms with E-state index in [2.05, 4.69) is 19.1 Å². The lowest BCUT2D eigenvalue weighted by atomic mass is 10.0. The first-order valence-electron chi connectivity index (χ1n) is 6.62. The van der Waals surface area contributed by atoms with Crippen molar-refractivity contribution in [3.05, 3.63) is 64.2 Å². The predicted molar refractivity (Wildman–Crippen MR) is 91.6 cm³/mol. The number of para-hydroxylation sites is 1. The average Bonchev–Trinajstić information content (AvgIpc) is 2.39. The molecule has 2 aromatic rings. The van der Waals surface area contributed by atoms with Gasteiger partial charge in [0.25, 0.3) is 0 Å². The van der Waals surface area contributed by atoms with Crippen molar-refractivity contribution in [2.75, 3.05) is 5.73 Å². The lowest BCUT2D eigenvalue weighted by Gasteiger charge is -2.07. The molecule has 4 N–H and O–H groups in total. The fourth-order valence-corrected chi connectivity index (χ4v) is 2.15. The largest absolute Gasteiger partial charge is 0.478 e. The van der Waals surface area contributed by atoms with E-state index < -0.39 is 5.97 Å². The Hall–Kier alpha value is -2.04. The molecule has 0 unspecified atom stereocenters. The highest BCUT2D eigenvalue weighted by molar-refractivity contribution is 5.93. The molecule has 0 fully saturated rings. The van der Waals surface area contributed by atoms with Crippen LogP contribution in [0.2, 0.25) is 0 Å². The van der Waals surface area contributed by atoms with Gasteiger partial charge in [-0.3, -0.25) is 0 Å². The van der Waals surface area contributed by atoms with Gasteiger partial charge in [0.05, 0.1) is 12.2 Å². The molecular weight excluding hydrogens is 302 g/mol. The van der Waals surface area contributed by atoms with Gasteiger partial charge >= 0.3 is 5.97 Å². The lowest BCUT2D eigenvalue weighted by Crippen LogP contribution is -2.00. The highest BCUT2D eigenvalue weighted by Gasteiger charge is 2.04. The van der Waals surface area contributed by atoms with E-state index in [0.29, 0.717) is 5.69 Å². The number of halogens is 1. The first kappa shape index (κ1) is 20.0. The Morgan fingerprint density at radius 2 is 1.59 bits per heavy atom. The van der Waals surface area contributed by atoms with Crippen molar-refractivity contribution in [1.29, 1.82) is 0 Å². The summed E-state index contributed by atoms with van der Waals surface area (Å²) in [6, 6.07) is 10.6. The fraction of sp³-hybridized carbons (Fsp3) is 0.235. The summed E-state index contributed by atoms with van der Waals surface area (Å²) in [6.07, 6.45) is 0. The van der Waals surface area contributed by atoms with Gasteiger partial charge in [0.15, 0.2) is 0 Å². The van der Waals surface area contributed by atoms with Crippen molar-refractivity contribution in [2.24, 2.45) is 0 Å². The molecule has 5 heteroatoms. The van der Waals surface area contributed by atoms with E-state index in [-0.39, 0.29) is 24.6 Å².